The Bertz CT molecular complexity index is 829. The molecule has 4 heteroatoms. The van der Waals surface area contributed by atoms with Crippen LogP contribution >= 0.6 is 0 Å². The molecule has 1 aliphatic heterocycles. The second-order valence-corrected chi connectivity index (χ2v) is 9.30. The largest absolute Gasteiger partial charge is 0.444 e. The SMILES string of the molecule is CC(C)(C)OC(=O)NCCCN1CCC2(CC1)c1ccccc1-c1ccccc12. The Morgan fingerprint density at radius 3 is 2.10 bits per heavy atom. The fraction of sp³-hybridized carbons (Fsp3) is 0.480. The van der Waals surface area contributed by atoms with Gasteiger partial charge >= 0.3 is 6.09 Å². The average molecular weight is 393 g/mol. The molecule has 0 radical (unpaired) electrons. The van der Waals surface area contributed by atoms with E-state index in [9.17, 15) is 4.79 Å². The molecule has 29 heavy (non-hydrogen) atoms. The van der Waals surface area contributed by atoms with Gasteiger partial charge in [0.1, 0.15) is 5.60 Å². The second kappa shape index (κ2) is 7.83. The summed E-state index contributed by atoms with van der Waals surface area (Å²) in [6.07, 6.45) is 2.93. The minimum absolute atomic E-state index is 0.165. The molecule has 2 aromatic rings. The Morgan fingerprint density at radius 2 is 1.55 bits per heavy atom. The van der Waals surface area contributed by atoms with Crippen molar-refractivity contribution >= 4 is 6.09 Å². The van der Waals surface area contributed by atoms with Crippen LogP contribution in [0.25, 0.3) is 11.1 Å². The highest BCUT2D eigenvalue weighted by Crippen LogP contribution is 2.53. The van der Waals surface area contributed by atoms with Gasteiger partial charge in [-0.15, -0.1) is 0 Å². The molecule has 1 heterocycles. The first-order chi connectivity index (χ1) is 13.9. The number of piperidine rings is 1. The lowest BCUT2D eigenvalue weighted by molar-refractivity contribution is 0.0525. The van der Waals surface area contributed by atoms with Crippen LogP contribution in [-0.4, -0.2) is 42.8 Å². The molecular formula is C25H32N2O2. The van der Waals surface area contributed by atoms with E-state index >= 15 is 0 Å². The zero-order valence-electron chi connectivity index (χ0n) is 17.8. The molecule has 0 atom stereocenters. The number of rotatable bonds is 4. The predicted octanol–water partition coefficient (Wildman–Crippen LogP) is 4.96. The number of carbonyl (C=O) groups is 1. The van der Waals surface area contributed by atoms with Crippen LogP contribution in [-0.2, 0) is 10.2 Å². The molecule has 4 rings (SSSR count). The topological polar surface area (TPSA) is 41.6 Å². The van der Waals surface area contributed by atoms with E-state index in [-0.39, 0.29) is 11.5 Å². The van der Waals surface area contributed by atoms with Gasteiger partial charge in [-0.3, -0.25) is 0 Å². The summed E-state index contributed by atoms with van der Waals surface area (Å²) in [5, 5.41) is 2.87. The molecular weight excluding hydrogens is 360 g/mol. The Hall–Kier alpha value is -2.33. The Morgan fingerprint density at radius 1 is 1.00 bits per heavy atom. The molecule has 1 fully saturated rings. The van der Waals surface area contributed by atoms with Crippen LogP contribution in [0.5, 0.6) is 0 Å². The van der Waals surface area contributed by atoms with Gasteiger partial charge < -0.3 is 15.0 Å². The van der Waals surface area contributed by atoms with E-state index in [4.69, 9.17) is 4.74 Å². The van der Waals surface area contributed by atoms with E-state index < -0.39 is 5.60 Å². The highest BCUT2D eigenvalue weighted by molar-refractivity contribution is 5.81. The molecule has 0 aromatic heterocycles. The van der Waals surface area contributed by atoms with Gasteiger partial charge in [-0.2, -0.15) is 0 Å². The smallest absolute Gasteiger partial charge is 0.407 e. The first-order valence-corrected chi connectivity index (χ1v) is 10.8. The molecule has 1 spiro atoms. The second-order valence-electron chi connectivity index (χ2n) is 9.30. The summed E-state index contributed by atoms with van der Waals surface area (Å²) in [4.78, 5) is 14.3. The van der Waals surface area contributed by atoms with Crippen LogP contribution in [0.3, 0.4) is 0 Å². The number of nitrogens with zero attached hydrogens (tertiary/aromatic N) is 1. The number of fused-ring (bicyclic) bond motifs is 5. The Balaban J connectivity index is 1.34. The number of nitrogens with one attached hydrogen (secondary N) is 1. The average Bonchev–Trinajstić information content (AvgIpc) is 2.96. The lowest BCUT2D eigenvalue weighted by Crippen LogP contribution is -2.43. The molecule has 0 saturated carbocycles. The van der Waals surface area contributed by atoms with Crippen LogP contribution < -0.4 is 5.32 Å². The zero-order valence-corrected chi connectivity index (χ0v) is 17.8. The molecule has 2 aromatic carbocycles. The molecule has 1 aliphatic carbocycles. The van der Waals surface area contributed by atoms with E-state index in [1.54, 1.807) is 0 Å². The van der Waals surface area contributed by atoms with Crippen molar-refractivity contribution < 1.29 is 9.53 Å². The maximum atomic E-state index is 11.8. The summed E-state index contributed by atoms with van der Waals surface area (Å²) in [5.41, 5.74) is 5.56. The highest BCUT2D eigenvalue weighted by Gasteiger charge is 2.44. The Labute approximate surface area is 174 Å². The van der Waals surface area contributed by atoms with Gasteiger partial charge in [0.05, 0.1) is 0 Å². The number of hydrogen-bond acceptors (Lipinski definition) is 3. The van der Waals surface area contributed by atoms with Gasteiger partial charge in [0, 0.05) is 12.0 Å². The number of alkyl carbamates (subject to hydrolysis) is 1. The summed E-state index contributed by atoms with van der Waals surface area (Å²) in [7, 11) is 0. The van der Waals surface area contributed by atoms with Gasteiger partial charge in [-0.05, 0) is 81.9 Å². The molecule has 154 valence electrons. The van der Waals surface area contributed by atoms with Crippen molar-refractivity contribution in [3.8, 4) is 11.1 Å². The maximum absolute atomic E-state index is 11.8. The van der Waals surface area contributed by atoms with Crippen LogP contribution in [0, 0.1) is 0 Å². The number of benzene rings is 2. The maximum Gasteiger partial charge on any atom is 0.407 e. The summed E-state index contributed by atoms with van der Waals surface area (Å²) in [5.74, 6) is 0. The van der Waals surface area contributed by atoms with E-state index in [1.165, 1.54) is 22.3 Å². The molecule has 0 unspecified atom stereocenters. The van der Waals surface area contributed by atoms with Gasteiger partial charge in [0.25, 0.3) is 0 Å². The van der Waals surface area contributed by atoms with E-state index in [0.29, 0.717) is 6.54 Å². The molecule has 1 amide bonds. The van der Waals surface area contributed by atoms with E-state index in [2.05, 4.69) is 58.7 Å². The van der Waals surface area contributed by atoms with Crippen molar-refractivity contribution in [3.63, 3.8) is 0 Å². The number of amides is 1. The first kappa shape index (κ1) is 20.0. The van der Waals surface area contributed by atoms with Gasteiger partial charge in [0.15, 0.2) is 0 Å². The minimum atomic E-state index is -0.445. The lowest BCUT2D eigenvalue weighted by Gasteiger charge is -2.41. The zero-order chi connectivity index (χ0) is 20.5. The summed E-state index contributed by atoms with van der Waals surface area (Å²) in [6.45, 7) is 9.50. The Kier molecular flexibility index (Phi) is 5.39. The number of carbonyl (C=O) groups excluding carboxylic acids is 1. The predicted molar refractivity (Wildman–Crippen MR) is 117 cm³/mol. The molecule has 4 nitrogen and oxygen atoms in total. The van der Waals surface area contributed by atoms with Crippen molar-refractivity contribution in [2.75, 3.05) is 26.2 Å². The van der Waals surface area contributed by atoms with Crippen molar-refractivity contribution in [3.05, 3.63) is 59.7 Å². The monoisotopic (exact) mass is 392 g/mol. The molecule has 1 saturated heterocycles. The van der Waals surface area contributed by atoms with Crippen LogP contribution in [0.2, 0.25) is 0 Å². The van der Waals surface area contributed by atoms with Gasteiger partial charge in [0.2, 0.25) is 0 Å². The fourth-order valence-electron chi connectivity index (χ4n) is 4.92. The minimum Gasteiger partial charge on any atom is -0.444 e. The number of likely N-dealkylation sites (tertiary alicyclic amines) is 1. The van der Waals surface area contributed by atoms with Gasteiger partial charge in [-0.1, -0.05) is 48.5 Å². The quantitative estimate of drug-likeness (QED) is 0.748. The van der Waals surface area contributed by atoms with E-state index in [0.717, 1.165) is 38.9 Å². The molecule has 2 aliphatic rings. The van der Waals surface area contributed by atoms with Crippen molar-refractivity contribution in [1.82, 2.24) is 10.2 Å². The number of hydrogen-bond donors (Lipinski definition) is 1. The first-order valence-electron chi connectivity index (χ1n) is 10.8. The van der Waals surface area contributed by atoms with E-state index in [1.807, 2.05) is 20.8 Å². The van der Waals surface area contributed by atoms with Crippen molar-refractivity contribution in [1.29, 1.82) is 0 Å². The summed E-state index contributed by atoms with van der Waals surface area (Å²) >= 11 is 0. The fourth-order valence-corrected chi connectivity index (χ4v) is 4.92. The summed E-state index contributed by atoms with van der Waals surface area (Å²) in [6, 6.07) is 17.9. The third-order valence-electron chi connectivity index (χ3n) is 6.20. The standard InChI is InChI=1S/C25H32N2O2/c1-24(2,3)29-23(28)26-15-8-16-27-17-13-25(14-18-27)21-11-6-4-9-19(21)20-10-5-7-12-22(20)25/h4-7,9-12H,8,13-18H2,1-3H3,(H,26,28). The lowest BCUT2D eigenvalue weighted by atomic mass is 9.71. The van der Waals surface area contributed by atoms with Crippen molar-refractivity contribution in [2.45, 2.75) is 51.0 Å². The molecule has 0 bridgehead atoms. The van der Waals surface area contributed by atoms with Crippen LogP contribution in [0.15, 0.2) is 48.5 Å². The van der Waals surface area contributed by atoms with Crippen LogP contribution in [0.1, 0.15) is 51.2 Å². The third-order valence-corrected chi connectivity index (χ3v) is 6.20. The van der Waals surface area contributed by atoms with Crippen LogP contribution in [0.4, 0.5) is 4.79 Å². The number of ether oxygens (including phenoxy) is 1. The highest BCUT2D eigenvalue weighted by atomic mass is 16.6. The third kappa shape index (κ3) is 4.04. The normalized spacial score (nSPS) is 17.6. The van der Waals surface area contributed by atoms with Crippen molar-refractivity contribution in [2.24, 2.45) is 0 Å². The van der Waals surface area contributed by atoms with Gasteiger partial charge in [-0.25, -0.2) is 4.79 Å². The summed E-state index contributed by atoms with van der Waals surface area (Å²) < 4.78 is 5.30. The molecule has 1 N–H and O–H groups in total.